The maximum atomic E-state index is 13.6. The number of aliphatic carboxylic acids is 1. The van der Waals surface area contributed by atoms with Crippen molar-refractivity contribution in [2.45, 2.75) is 18.8 Å². The van der Waals surface area contributed by atoms with Crippen LogP contribution >= 0.6 is 0 Å². The highest BCUT2D eigenvalue weighted by molar-refractivity contribution is 5.80. The van der Waals surface area contributed by atoms with Crippen molar-refractivity contribution in [2.75, 3.05) is 13.7 Å². The van der Waals surface area contributed by atoms with Crippen LogP contribution in [0.1, 0.15) is 23.5 Å². The van der Waals surface area contributed by atoms with E-state index in [0.717, 1.165) is 0 Å². The highest BCUT2D eigenvalue weighted by Crippen LogP contribution is 2.18. The smallest absolute Gasteiger partial charge is 0.312 e. The van der Waals surface area contributed by atoms with Gasteiger partial charge in [0.05, 0.1) is 13.0 Å². The molecule has 0 fully saturated rings. The highest BCUT2D eigenvalue weighted by Gasteiger charge is 2.20. The minimum Gasteiger partial charge on any atom is -0.494 e. The largest absolute Gasteiger partial charge is 0.494 e. The number of nitrogens with one attached hydrogen (secondary N) is 1. The fourth-order valence-electron chi connectivity index (χ4n) is 2.46. The second-order valence-corrected chi connectivity index (χ2v) is 5.57. The monoisotopic (exact) mass is 345 g/mol. The van der Waals surface area contributed by atoms with Crippen LogP contribution in [0.15, 0.2) is 48.5 Å². The summed E-state index contributed by atoms with van der Waals surface area (Å²) in [5.41, 5.74) is 1.30. The molecule has 2 aromatic rings. The van der Waals surface area contributed by atoms with Gasteiger partial charge in [-0.2, -0.15) is 0 Å². The van der Waals surface area contributed by atoms with Crippen LogP contribution in [-0.4, -0.2) is 30.6 Å². The lowest BCUT2D eigenvalue weighted by atomic mass is 9.99. The van der Waals surface area contributed by atoms with E-state index in [2.05, 4.69) is 5.32 Å². The van der Waals surface area contributed by atoms with Crippen molar-refractivity contribution in [3.05, 3.63) is 65.5 Å². The number of hydrogen-bond donors (Lipinski definition) is 2. The summed E-state index contributed by atoms with van der Waals surface area (Å²) < 4.78 is 18.5. The lowest BCUT2D eigenvalue weighted by Gasteiger charge is -2.14. The summed E-state index contributed by atoms with van der Waals surface area (Å²) in [5, 5.41) is 12.0. The molecule has 0 aliphatic carbocycles. The Kier molecular flexibility index (Phi) is 6.51. The Morgan fingerprint density at radius 2 is 1.92 bits per heavy atom. The third kappa shape index (κ3) is 5.31. The maximum absolute atomic E-state index is 13.6. The molecule has 25 heavy (non-hydrogen) atoms. The Bertz CT molecular complexity index is 733. The van der Waals surface area contributed by atoms with E-state index in [1.165, 1.54) is 19.2 Å². The quantitative estimate of drug-likeness (QED) is 0.771. The Morgan fingerprint density at radius 3 is 2.52 bits per heavy atom. The Hall–Kier alpha value is -2.89. The average Bonchev–Trinajstić information content (AvgIpc) is 2.61. The molecule has 5 nitrogen and oxygen atoms in total. The van der Waals surface area contributed by atoms with E-state index in [4.69, 9.17) is 4.74 Å². The highest BCUT2D eigenvalue weighted by atomic mass is 19.1. The number of amides is 1. The fourth-order valence-corrected chi connectivity index (χ4v) is 2.46. The van der Waals surface area contributed by atoms with Gasteiger partial charge in [0.2, 0.25) is 5.91 Å². The third-order valence-corrected chi connectivity index (χ3v) is 3.86. The molecule has 0 spiro atoms. The van der Waals surface area contributed by atoms with Crippen molar-refractivity contribution in [3.8, 4) is 5.75 Å². The second kappa shape index (κ2) is 8.82. The van der Waals surface area contributed by atoms with Gasteiger partial charge in [-0.05, 0) is 29.7 Å². The maximum Gasteiger partial charge on any atom is 0.312 e. The van der Waals surface area contributed by atoms with Gasteiger partial charge in [-0.15, -0.1) is 0 Å². The molecular formula is C19H20FNO4. The van der Waals surface area contributed by atoms with Crippen molar-refractivity contribution < 1.29 is 23.8 Å². The number of rotatable bonds is 8. The van der Waals surface area contributed by atoms with Gasteiger partial charge >= 0.3 is 5.97 Å². The molecule has 0 aliphatic heterocycles. The van der Waals surface area contributed by atoms with E-state index < -0.39 is 17.7 Å². The molecule has 0 saturated carbocycles. The van der Waals surface area contributed by atoms with Crippen LogP contribution in [0.4, 0.5) is 4.39 Å². The molecule has 132 valence electrons. The van der Waals surface area contributed by atoms with Gasteiger partial charge in [-0.3, -0.25) is 9.59 Å². The predicted molar refractivity (Wildman–Crippen MR) is 91.1 cm³/mol. The van der Waals surface area contributed by atoms with Crippen molar-refractivity contribution in [1.29, 1.82) is 0 Å². The molecular weight excluding hydrogens is 325 g/mol. The summed E-state index contributed by atoms with van der Waals surface area (Å²) in [6, 6.07) is 13.3. The fraction of sp³-hybridized carbons (Fsp3) is 0.263. The van der Waals surface area contributed by atoms with E-state index in [9.17, 15) is 19.1 Å². The number of carboxylic acids is 1. The molecule has 2 N–H and O–H groups in total. The van der Waals surface area contributed by atoms with Gasteiger partial charge in [0, 0.05) is 13.0 Å². The van der Waals surface area contributed by atoms with Crippen LogP contribution in [0.25, 0.3) is 0 Å². The van der Waals surface area contributed by atoms with Crippen LogP contribution in [0.3, 0.4) is 0 Å². The molecule has 0 aliphatic rings. The van der Waals surface area contributed by atoms with Crippen LogP contribution in [-0.2, 0) is 16.0 Å². The van der Waals surface area contributed by atoms with E-state index in [1.54, 1.807) is 36.4 Å². The third-order valence-electron chi connectivity index (χ3n) is 3.86. The summed E-state index contributed by atoms with van der Waals surface area (Å²) in [6.45, 7) is 0.00908. The zero-order valence-corrected chi connectivity index (χ0v) is 13.9. The lowest BCUT2D eigenvalue weighted by molar-refractivity contribution is -0.138. The number of carboxylic acid groups (broad SMARTS) is 1. The molecule has 2 rings (SSSR count). The van der Waals surface area contributed by atoms with Crippen LogP contribution in [0.5, 0.6) is 5.75 Å². The second-order valence-electron chi connectivity index (χ2n) is 5.57. The summed E-state index contributed by atoms with van der Waals surface area (Å²) in [6.07, 6.45) is 0.503. The molecule has 1 unspecified atom stereocenters. The summed E-state index contributed by atoms with van der Waals surface area (Å²) in [7, 11) is 1.39. The first-order valence-corrected chi connectivity index (χ1v) is 7.88. The number of carbonyl (C=O) groups excluding carboxylic acids is 1. The zero-order valence-electron chi connectivity index (χ0n) is 13.9. The summed E-state index contributed by atoms with van der Waals surface area (Å²) >= 11 is 0. The van der Waals surface area contributed by atoms with E-state index in [1.807, 2.05) is 0 Å². The van der Waals surface area contributed by atoms with Gasteiger partial charge in [-0.25, -0.2) is 4.39 Å². The summed E-state index contributed by atoms with van der Waals surface area (Å²) in [4.78, 5) is 23.3. The van der Waals surface area contributed by atoms with Crippen molar-refractivity contribution in [3.63, 3.8) is 0 Å². The van der Waals surface area contributed by atoms with E-state index >= 15 is 0 Å². The molecule has 2 aromatic carbocycles. The topological polar surface area (TPSA) is 75.6 Å². The average molecular weight is 345 g/mol. The first kappa shape index (κ1) is 18.4. The normalized spacial score (nSPS) is 11.6. The van der Waals surface area contributed by atoms with Crippen LogP contribution in [0.2, 0.25) is 0 Å². The number of carbonyl (C=O) groups is 2. The number of methoxy groups -OCH3 is 1. The van der Waals surface area contributed by atoms with Gasteiger partial charge in [0.15, 0.2) is 11.6 Å². The van der Waals surface area contributed by atoms with Crippen molar-refractivity contribution >= 4 is 11.9 Å². The van der Waals surface area contributed by atoms with Gasteiger partial charge in [0.25, 0.3) is 0 Å². The first-order valence-electron chi connectivity index (χ1n) is 7.88. The van der Waals surface area contributed by atoms with Crippen LogP contribution in [0, 0.1) is 5.82 Å². The van der Waals surface area contributed by atoms with E-state index in [-0.39, 0.29) is 24.6 Å². The van der Waals surface area contributed by atoms with Gasteiger partial charge in [-0.1, -0.05) is 36.4 Å². The standard InChI is InChI=1S/C19H20FNO4/c1-25-17-9-7-13(11-16(17)20)8-10-18(22)21-12-15(19(23)24)14-5-3-2-4-6-14/h2-7,9,11,15H,8,10,12H2,1H3,(H,21,22)(H,23,24). The lowest BCUT2D eigenvalue weighted by Crippen LogP contribution is -2.31. The molecule has 0 heterocycles. The summed E-state index contributed by atoms with van der Waals surface area (Å²) in [5.74, 6) is -2.40. The number of ether oxygens (including phenoxy) is 1. The SMILES string of the molecule is COc1ccc(CCC(=O)NCC(C(=O)O)c2ccccc2)cc1F. The van der Waals surface area contributed by atoms with E-state index in [0.29, 0.717) is 17.5 Å². The molecule has 0 bridgehead atoms. The first-order chi connectivity index (χ1) is 12.0. The van der Waals surface area contributed by atoms with Gasteiger partial charge < -0.3 is 15.2 Å². The number of hydrogen-bond acceptors (Lipinski definition) is 3. The van der Waals surface area contributed by atoms with Crippen molar-refractivity contribution in [1.82, 2.24) is 5.32 Å². The minimum absolute atomic E-state index is 0.00908. The Labute approximate surface area is 145 Å². The Balaban J connectivity index is 1.87. The molecule has 6 heteroatoms. The molecule has 0 saturated heterocycles. The van der Waals surface area contributed by atoms with Crippen LogP contribution < -0.4 is 10.1 Å². The zero-order chi connectivity index (χ0) is 18.2. The molecule has 1 amide bonds. The Morgan fingerprint density at radius 1 is 1.20 bits per heavy atom. The molecule has 0 aromatic heterocycles. The number of aryl methyl sites for hydroxylation is 1. The molecule has 0 radical (unpaired) electrons. The minimum atomic E-state index is -0.997. The van der Waals surface area contributed by atoms with Gasteiger partial charge in [0.1, 0.15) is 0 Å². The predicted octanol–water partition coefficient (Wildman–Crippen LogP) is 2.75. The number of halogens is 1. The number of benzene rings is 2. The van der Waals surface area contributed by atoms with Crippen molar-refractivity contribution in [2.24, 2.45) is 0 Å². The molecule has 1 atom stereocenters.